The van der Waals surface area contributed by atoms with Crippen LogP contribution in [-0.2, 0) is 0 Å². The molecule has 1 aromatic carbocycles. The smallest absolute Gasteiger partial charge is 0.251 e. The van der Waals surface area contributed by atoms with Gasteiger partial charge in [-0.3, -0.25) is 9.79 Å². The summed E-state index contributed by atoms with van der Waals surface area (Å²) < 4.78 is 0. The van der Waals surface area contributed by atoms with Gasteiger partial charge in [0, 0.05) is 38.8 Å². The van der Waals surface area contributed by atoms with Gasteiger partial charge in [0.05, 0.1) is 0 Å². The highest BCUT2D eigenvalue weighted by Gasteiger charge is 2.43. The molecule has 130 valence electrons. The van der Waals surface area contributed by atoms with Crippen molar-refractivity contribution in [1.82, 2.24) is 15.5 Å². The highest BCUT2D eigenvalue weighted by atomic mass is 16.1. The molecule has 1 aliphatic heterocycles. The van der Waals surface area contributed by atoms with Gasteiger partial charge >= 0.3 is 0 Å². The van der Waals surface area contributed by atoms with E-state index in [9.17, 15) is 4.79 Å². The average Bonchev–Trinajstić information content (AvgIpc) is 3.00. The lowest BCUT2D eigenvalue weighted by Gasteiger charge is -2.38. The number of carbonyl (C=O) groups is 1. The molecular weight excluding hydrogens is 300 g/mol. The topological polar surface area (TPSA) is 56.7 Å². The van der Waals surface area contributed by atoms with E-state index in [-0.39, 0.29) is 5.91 Å². The Kier molecular flexibility index (Phi) is 5.07. The summed E-state index contributed by atoms with van der Waals surface area (Å²) in [5, 5.41) is 6.34. The minimum atomic E-state index is -0.0231. The molecule has 2 aliphatic rings. The normalized spacial score (nSPS) is 19.2. The molecule has 2 N–H and O–H groups in total. The van der Waals surface area contributed by atoms with Crippen LogP contribution in [0.15, 0.2) is 29.3 Å². The number of aliphatic imine (C=N–C) groups is 1. The second kappa shape index (κ2) is 7.24. The third-order valence-corrected chi connectivity index (χ3v) is 5.34. The summed E-state index contributed by atoms with van der Waals surface area (Å²) in [6.45, 7) is 5.49. The van der Waals surface area contributed by atoms with E-state index >= 15 is 0 Å². The highest BCUT2D eigenvalue weighted by molar-refractivity contribution is 5.94. The SMILES string of the molecule is CN=C(NCCNC(=O)c1cccc(C)c1)N1CCC2(CCC2)C1. The van der Waals surface area contributed by atoms with Gasteiger partial charge in [-0.2, -0.15) is 0 Å². The van der Waals surface area contributed by atoms with Gasteiger partial charge in [0.15, 0.2) is 5.96 Å². The van der Waals surface area contributed by atoms with Crippen molar-refractivity contribution in [3.8, 4) is 0 Å². The number of amides is 1. The fraction of sp³-hybridized carbons (Fsp3) is 0.579. The molecule has 5 nitrogen and oxygen atoms in total. The Labute approximate surface area is 144 Å². The van der Waals surface area contributed by atoms with Crippen molar-refractivity contribution in [2.24, 2.45) is 10.4 Å². The van der Waals surface area contributed by atoms with E-state index < -0.39 is 0 Å². The maximum Gasteiger partial charge on any atom is 0.251 e. The first-order valence-corrected chi connectivity index (χ1v) is 8.92. The van der Waals surface area contributed by atoms with Gasteiger partial charge in [-0.15, -0.1) is 0 Å². The molecule has 0 aromatic heterocycles. The molecule has 1 aliphatic carbocycles. The largest absolute Gasteiger partial charge is 0.354 e. The average molecular weight is 328 g/mol. The Bertz CT molecular complexity index is 622. The van der Waals surface area contributed by atoms with Crippen molar-refractivity contribution in [2.75, 3.05) is 33.2 Å². The molecule has 1 heterocycles. The van der Waals surface area contributed by atoms with Crippen LogP contribution in [-0.4, -0.2) is 50.0 Å². The third-order valence-electron chi connectivity index (χ3n) is 5.34. The van der Waals surface area contributed by atoms with E-state index in [0.717, 1.165) is 24.6 Å². The standard InChI is InChI=1S/C19H28N4O/c1-15-5-3-6-16(13-15)17(24)21-10-11-22-18(20-2)23-12-9-19(14-23)7-4-8-19/h3,5-6,13H,4,7-12,14H2,1-2H3,(H,20,22)(H,21,24). The molecule has 2 fully saturated rings. The third kappa shape index (κ3) is 3.71. The number of carbonyl (C=O) groups excluding carboxylic acids is 1. The van der Waals surface area contributed by atoms with Crippen LogP contribution in [0, 0.1) is 12.3 Å². The van der Waals surface area contributed by atoms with Gasteiger partial charge in [0.1, 0.15) is 0 Å². The zero-order chi connectivity index (χ0) is 17.0. The summed E-state index contributed by atoms with van der Waals surface area (Å²) in [4.78, 5) is 18.9. The van der Waals surface area contributed by atoms with Crippen LogP contribution in [0.3, 0.4) is 0 Å². The van der Waals surface area contributed by atoms with Crippen molar-refractivity contribution in [3.63, 3.8) is 0 Å². The van der Waals surface area contributed by atoms with Gasteiger partial charge in [-0.05, 0) is 43.7 Å². The van der Waals surface area contributed by atoms with Gasteiger partial charge < -0.3 is 15.5 Å². The Balaban J connectivity index is 1.41. The number of likely N-dealkylation sites (tertiary alicyclic amines) is 1. The molecule has 1 saturated heterocycles. The fourth-order valence-electron chi connectivity index (χ4n) is 3.77. The lowest BCUT2D eigenvalue weighted by molar-refractivity contribution is 0.0954. The van der Waals surface area contributed by atoms with Gasteiger partial charge in [-0.25, -0.2) is 0 Å². The number of benzene rings is 1. The quantitative estimate of drug-likeness (QED) is 0.506. The second-order valence-electron chi connectivity index (χ2n) is 7.12. The summed E-state index contributed by atoms with van der Waals surface area (Å²) in [5.74, 6) is 0.939. The molecule has 0 atom stereocenters. The molecule has 24 heavy (non-hydrogen) atoms. The zero-order valence-electron chi connectivity index (χ0n) is 14.8. The molecule has 1 amide bonds. The second-order valence-corrected chi connectivity index (χ2v) is 7.12. The number of nitrogens with one attached hydrogen (secondary N) is 2. The van der Waals surface area contributed by atoms with E-state index in [1.54, 1.807) is 0 Å². The molecule has 5 heteroatoms. The fourth-order valence-corrected chi connectivity index (χ4v) is 3.77. The molecule has 1 saturated carbocycles. The summed E-state index contributed by atoms with van der Waals surface area (Å²) in [6, 6.07) is 7.65. The van der Waals surface area contributed by atoms with Crippen LogP contribution in [0.4, 0.5) is 0 Å². The predicted molar refractivity (Wildman–Crippen MR) is 97.3 cm³/mol. The number of hydrogen-bond acceptors (Lipinski definition) is 2. The maximum atomic E-state index is 12.1. The minimum Gasteiger partial charge on any atom is -0.354 e. The van der Waals surface area contributed by atoms with E-state index in [1.807, 2.05) is 38.2 Å². The Morgan fingerprint density at radius 3 is 2.67 bits per heavy atom. The summed E-state index contributed by atoms with van der Waals surface area (Å²) in [5.41, 5.74) is 2.38. The predicted octanol–water partition coefficient (Wildman–Crippen LogP) is 2.18. The minimum absolute atomic E-state index is 0.0231. The molecule has 0 bridgehead atoms. The first kappa shape index (κ1) is 16.8. The van der Waals surface area contributed by atoms with Crippen molar-refractivity contribution < 1.29 is 4.79 Å². The number of aryl methyl sites for hydroxylation is 1. The Morgan fingerprint density at radius 1 is 1.25 bits per heavy atom. The molecular formula is C19H28N4O. The van der Waals surface area contributed by atoms with Gasteiger partial charge in [0.2, 0.25) is 0 Å². The number of nitrogens with zero attached hydrogens (tertiary/aromatic N) is 2. The Morgan fingerprint density at radius 2 is 2.04 bits per heavy atom. The van der Waals surface area contributed by atoms with Crippen molar-refractivity contribution in [1.29, 1.82) is 0 Å². The van der Waals surface area contributed by atoms with E-state index in [2.05, 4.69) is 20.5 Å². The monoisotopic (exact) mass is 328 g/mol. The van der Waals surface area contributed by atoms with Crippen LogP contribution in [0.1, 0.15) is 41.6 Å². The molecule has 1 spiro atoms. The molecule has 0 radical (unpaired) electrons. The zero-order valence-corrected chi connectivity index (χ0v) is 14.8. The number of hydrogen-bond donors (Lipinski definition) is 2. The van der Waals surface area contributed by atoms with Crippen LogP contribution in [0.2, 0.25) is 0 Å². The Hall–Kier alpha value is -2.04. The lowest BCUT2D eigenvalue weighted by Crippen LogP contribution is -2.44. The van der Waals surface area contributed by atoms with E-state index in [0.29, 0.717) is 24.1 Å². The van der Waals surface area contributed by atoms with Crippen molar-refractivity contribution in [3.05, 3.63) is 35.4 Å². The maximum absolute atomic E-state index is 12.1. The molecule has 1 aromatic rings. The van der Waals surface area contributed by atoms with Crippen LogP contribution in [0.5, 0.6) is 0 Å². The number of rotatable bonds is 4. The first-order chi connectivity index (χ1) is 11.6. The van der Waals surface area contributed by atoms with Crippen LogP contribution < -0.4 is 10.6 Å². The van der Waals surface area contributed by atoms with Gasteiger partial charge in [-0.1, -0.05) is 24.1 Å². The molecule has 3 rings (SSSR count). The lowest BCUT2D eigenvalue weighted by atomic mass is 9.68. The van der Waals surface area contributed by atoms with Crippen molar-refractivity contribution in [2.45, 2.75) is 32.6 Å². The highest BCUT2D eigenvalue weighted by Crippen LogP contribution is 2.47. The van der Waals surface area contributed by atoms with E-state index in [4.69, 9.17) is 0 Å². The first-order valence-electron chi connectivity index (χ1n) is 8.92. The molecule has 0 unspecified atom stereocenters. The summed E-state index contributed by atoms with van der Waals surface area (Å²) in [6.07, 6.45) is 5.41. The van der Waals surface area contributed by atoms with Crippen LogP contribution in [0.25, 0.3) is 0 Å². The summed E-state index contributed by atoms with van der Waals surface area (Å²) in [7, 11) is 1.83. The van der Waals surface area contributed by atoms with Gasteiger partial charge in [0.25, 0.3) is 5.91 Å². The summed E-state index contributed by atoms with van der Waals surface area (Å²) >= 11 is 0. The van der Waals surface area contributed by atoms with Crippen molar-refractivity contribution >= 4 is 11.9 Å². The van der Waals surface area contributed by atoms with Crippen LogP contribution >= 0.6 is 0 Å². The number of guanidine groups is 1. The van der Waals surface area contributed by atoms with E-state index in [1.165, 1.54) is 25.7 Å².